The Morgan fingerprint density at radius 1 is 0.935 bits per heavy atom. The Labute approximate surface area is 192 Å². The third-order valence-electron chi connectivity index (χ3n) is 7.03. The molecule has 1 aliphatic rings. The van der Waals surface area contributed by atoms with Crippen molar-refractivity contribution in [3.8, 4) is 0 Å². The van der Waals surface area contributed by atoms with Crippen LogP contribution in [0.15, 0.2) is 12.2 Å². The third kappa shape index (κ3) is 13.1. The Kier molecular flexibility index (Phi) is 16.6. The molecule has 0 spiro atoms. The number of unbranched alkanes of at least 4 members (excludes halogenated alkanes) is 7. The average molecular weight is 435 g/mol. The lowest BCUT2D eigenvalue weighted by Gasteiger charge is -2.28. The molecule has 0 aromatic heterocycles. The van der Waals surface area contributed by atoms with Crippen molar-refractivity contribution >= 4 is 12.3 Å². The van der Waals surface area contributed by atoms with E-state index >= 15 is 0 Å². The standard InChI is InChI=1S/C28H50O3/c1-4-7-8-12-16-25-19-20-26(27(21-25)22-29)17-13-10-9-11-14-18-28(30)31-23-24(6-3)15-5-2/h19-20,22,24-27H,4-18,21,23H2,1-3H3/t24?,25?,26-,27?/m0/s1. The molecule has 0 bridgehead atoms. The monoisotopic (exact) mass is 434 g/mol. The summed E-state index contributed by atoms with van der Waals surface area (Å²) in [7, 11) is 0. The summed E-state index contributed by atoms with van der Waals surface area (Å²) >= 11 is 0. The molecular weight excluding hydrogens is 384 g/mol. The highest BCUT2D eigenvalue weighted by molar-refractivity contribution is 5.69. The Bertz CT molecular complexity index is 485. The maximum absolute atomic E-state index is 11.9. The number of hydrogen-bond acceptors (Lipinski definition) is 3. The van der Waals surface area contributed by atoms with E-state index in [-0.39, 0.29) is 11.9 Å². The molecule has 0 radical (unpaired) electrons. The fourth-order valence-electron chi connectivity index (χ4n) is 4.84. The van der Waals surface area contributed by atoms with Gasteiger partial charge in [0.2, 0.25) is 0 Å². The van der Waals surface area contributed by atoms with Crippen LogP contribution in [-0.4, -0.2) is 18.9 Å². The summed E-state index contributed by atoms with van der Waals surface area (Å²) in [6, 6.07) is 0. The van der Waals surface area contributed by atoms with E-state index in [2.05, 4.69) is 32.9 Å². The van der Waals surface area contributed by atoms with E-state index in [4.69, 9.17) is 4.74 Å². The molecule has 0 heterocycles. The second-order valence-corrected chi connectivity index (χ2v) is 9.75. The van der Waals surface area contributed by atoms with Crippen LogP contribution in [-0.2, 0) is 14.3 Å². The highest BCUT2D eigenvalue weighted by Gasteiger charge is 2.25. The van der Waals surface area contributed by atoms with Crippen LogP contribution < -0.4 is 0 Å². The lowest BCUT2D eigenvalue weighted by molar-refractivity contribution is -0.145. The van der Waals surface area contributed by atoms with E-state index < -0.39 is 0 Å². The number of allylic oxidation sites excluding steroid dienone is 2. The van der Waals surface area contributed by atoms with E-state index in [1.54, 1.807) is 0 Å². The van der Waals surface area contributed by atoms with Gasteiger partial charge < -0.3 is 9.53 Å². The molecule has 3 heteroatoms. The first-order chi connectivity index (χ1) is 15.1. The zero-order chi connectivity index (χ0) is 22.7. The van der Waals surface area contributed by atoms with Crippen molar-refractivity contribution in [2.75, 3.05) is 6.61 Å². The quantitative estimate of drug-likeness (QED) is 0.0893. The molecule has 0 saturated carbocycles. The van der Waals surface area contributed by atoms with Crippen LogP contribution in [0, 0.1) is 23.7 Å². The molecule has 0 amide bonds. The van der Waals surface area contributed by atoms with Gasteiger partial charge in [0.05, 0.1) is 6.61 Å². The van der Waals surface area contributed by atoms with Gasteiger partial charge in [-0.05, 0) is 49.9 Å². The van der Waals surface area contributed by atoms with Gasteiger partial charge in [0.25, 0.3) is 0 Å². The second kappa shape index (κ2) is 18.5. The van der Waals surface area contributed by atoms with Crippen LogP contribution in [0.5, 0.6) is 0 Å². The van der Waals surface area contributed by atoms with Crippen molar-refractivity contribution in [1.82, 2.24) is 0 Å². The van der Waals surface area contributed by atoms with Gasteiger partial charge in [-0.15, -0.1) is 0 Å². The van der Waals surface area contributed by atoms with E-state index in [0.717, 1.165) is 44.9 Å². The number of aldehydes is 1. The van der Waals surface area contributed by atoms with Crippen LogP contribution >= 0.6 is 0 Å². The maximum Gasteiger partial charge on any atom is 0.305 e. The predicted molar refractivity (Wildman–Crippen MR) is 131 cm³/mol. The fraction of sp³-hybridized carbons (Fsp3) is 0.857. The fourth-order valence-corrected chi connectivity index (χ4v) is 4.84. The van der Waals surface area contributed by atoms with Gasteiger partial charge in [-0.1, -0.05) is 97.1 Å². The molecule has 3 unspecified atom stereocenters. The van der Waals surface area contributed by atoms with Gasteiger partial charge in [-0.25, -0.2) is 0 Å². The largest absolute Gasteiger partial charge is 0.465 e. The highest BCUT2D eigenvalue weighted by Crippen LogP contribution is 2.33. The SMILES string of the molecule is CCCCCCC1C=C[C@H](CCCCCCCC(=O)OCC(CC)CCC)C(C=O)C1. The Morgan fingerprint density at radius 2 is 1.65 bits per heavy atom. The molecule has 180 valence electrons. The first-order valence-corrected chi connectivity index (χ1v) is 13.4. The van der Waals surface area contributed by atoms with Gasteiger partial charge in [-0.3, -0.25) is 4.79 Å². The van der Waals surface area contributed by atoms with Crippen LogP contribution in [0.4, 0.5) is 0 Å². The zero-order valence-electron chi connectivity index (χ0n) is 20.8. The van der Waals surface area contributed by atoms with Gasteiger partial charge in [0, 0.05) is 12.3 Å². The molecule has 1 rings (SSSR count). The minimum atomic E-state index is -0.0278. The van der Waals surface area contributed by atoms with Crippen LogP contribution in [0.25, 0.3) is 0 Å². The minimum absolute atomic E-state index is 0.0278. The van der Waals surface area contributed by atoms with Crippen molar-refractivity contribution in [1.29, 1.82) is 0 Å². The second-order valence-electron chi connectivity index (χ2n) is 9.75. The smallest absolute Gasteiger partial charge is 0.305 e. The summed E-state index contributed by atoms with van der Waals surface area (Å²) in [4.78, 5) is 23.5. The highest BCUT2D eigenvalue weighted by atomic mass is 16.5. The summed E-state index contributed by atoms with van der Waals surface area (Å²) in [6.07, 6.45) is 24.1. The van der Waals surface area contributed by atoms with E-state index in [1.165, 1.54) is 57.7 Å². The lowest BCUT2D eigenvalue weighted by Crippen LogP contribution is -2.22. The summed E-state index contributed by atoms with van der Waals surface area (Å²) in [5, 5.41) is 0. The van der Waals surface area contributed by atoms with Gasteiger partial charge >= 0.3 is 5.97 Å². The molecule has 0 aromatic rings. The van der Waals surface area contributed by atoms with Crippen molar-refractivity contribution in [3.63, 3.8) is 0 Å². The third-order valence-corrected chi connectivity index (χ3v) is 7.03. The molecular formula is C28H50O3. The van der Waals surface area contributed by atoms with Crippen molar-refractivity contribution in [2.45, 2.75) is 124 Å². The van der Waals surface area contributed by atoms with Crippen LogP contribution in [0.2, 0.25) is 0 Å². The molecule has 31 heavy (non-hydrogen) atoms. The first-order valence-electron chi connectivity index (χ1n) is 13.4. The average Bonchev–Trinajstić information content (AvgIpc) is 2.79. The van der Waals surface area contributed by atoms with Gasteiger partial charge in [0.15, 0.2) is 0 Å². The number of carbonyl (C=O) groups excluding carboxylic acids is 2. The molecule has 4 atom stereocenters. The number of hydrogen-bond donors (Lipinski definition) is 0. The van der Waals surface area contributed by atoms with Crippen molar-refractivity contribution in [2.24, 2.45) is 23.7 Å². The maximum atomic E-state index is 11.9. The molecule has 0 fully saturated rings. The van der Waals surface area contributed by atoms with E-state index in [0.29, 0.717) is 30.8 Å². The molecule has 0 saturated heterocycles. The van der Waals surface area contributed by atoms with Gasteiger partial charge in [-0.2, -0.15) is 0 Å². The minimum Gasteiger partial charge on any atom is -0.465 e. The number of ether oxygens (including phenoxy) is 1. The summed E-state index contributed by atoms with van der Waals surface area (Å²) in [6.45, 7) is 7.19. The Morgan fingerprint density at radius 3 is 2.35 bits per heavy atom. The molecule has 1 aliphatic carbocycles. The first kappa shape index (κ1) is 27.9. The van der Waals surface area contributed by atoms with Crippen molar-refractivity contribution in [3.05, 3.63) is 12.2 Å². The van der Waals surface area contributed by atoms with Gasteiger partial charge in [0.1, 0.15) is 6.29 Å². The summed E-state index contributed by atoms with van der Waals surface area (Å²) in [5.41, 5.74) is 0. The summed E-state index contributed by atoms with van der Waals surface area (Å²) in [5.74, 6) is 1.76. The molecule has 0 aromatic carbocycles. The Balaban J connectivity index is 2.10. The van der Waals surface area contributed by atoms with Crippen LogP contribution in [0.3, 0.4) is 0 Å². The zero-order valence-corrected chi connectivity index (χ0v) is 20.8. The van der Waals surface area contributed by atoms with Crippen molar-refractivity contribution < 1.29 is 14.3 Å². The van der Waals surface area contributed by atoms with Crippen LogP contribution in [0.1, 0.15) is 124 Å². The predicted octanol–water partition coefficient (Wildman–Crippen LogP) is 8.06. The Hall–Kier alpha value is -1.12. The number of esters is 1. The molecule has 0 aliphatic heterocycles. The molecule has 3 nitrogen and oxygen atoms in total. The topological polar surface area (TPSA) is 43.4 Å². The number of rotatable bonds is 19. The number of carbonyl (C=O) groups is 2. The normalized spacial score (nSPS) is 21.7. The van der Waals surface area contributed by atoms with E-state index in [1.807, 2.05) is 0 Å². The summed E-state index contributed by atoms with van der Waals surface area (Å²) < 4.78 is 5.44. The van der Waals surface area contributed by atoms with E-state index in [9.17, 15) is 9.59 Å². The lowest BCUT2D eigenvalue weighted by atomic mass is 9.76. The molecule has 0 N–H and O–H groups in total.